The number of hydrogen-bond acceptors (Lipinski definition) is 4. The Morgan fingerprint density at radius 3 is 2.38 bits per heavy atom. The molecule has 7 heteroatoms. The molecular weight excluding hydrogens is 332 g/mol. The fourth-order valence-electron chi connectivity index (χ4n) is 3.26. The highest BCUT2D eigenvalue weighted by Gasteiger charge is 2.44. The van der Waals surface area contributed by atoms with Gasteiger partial charge in [0.25, 0.3) is 11.8 Å². The SMILES string of the molecule is Cc1ccc(C(=O)N2CCCN(C(=O)C3CC3)C2C(=O)NCCN)cc1. The van der Waals surface area contributed by atoms with E-state index in [2.05, 4.69) is 5.32 Å². The molecule has 3 rings (SSSR count). The van der Waals surface area contributed by atoms with Crippen LogP contribution < -0.4 is 11.1 Å². The third-order valence-corrected chi connectivity index (χ3v) is 4.84. The van der Waals surface area contributed by atoms with Crippen molar-refractivity contribution in [2.75, 3.05) is 26.2 Å². The standard InChI is InChI=1S/C19H26N4O3/c1-13-3-5-14(6-4-13)18(25)22-11-2-12-23(19(26)15-7-8-15)17(22)16(24)21-10-9-20/h3-6,15,17H,2,7-12,20H2,1H3,(H,21,24). The lowest BCUT2D eigenvalue weighted by Gasteiger charge is -2.43. The number of aryl methyl sites for hydroxylation is 1. The molecule has 140 valence electrons. The highest BCUT2D eigenvalue weighted by Crippen LogP contribution is 2.33. The van der Waals surface area contributed by atoms with Crippen LogP contribution in [0.3, 0.4) is 0 Å². The first-order valence-electron chi connectivity index (χ1n) is 9.19. The van der Waals surface area contributed by atoms with E-state index in [0.717, 1.165) is 18.4 Å². The Morgan fingerprint density at radius 2 is 1.77 bits per heavy atom. The topological polar surface area (TPSA) is 95.7 Å². The summed E-state index contributed by atoms with van der Waals surface area (Å²) in [6.45, 7) is 3.51. The van der Waals surface area contributed by atoms with E-state index in [0.29, 0.717) is 38.2 Å². The average molecular weight is 358 g/mol. The number of benzene rings is 1. The quantitative estimate of drug-likeness (QED) is 0.800. The van der Waals surface area contributed by atoms with Crippen LogP contribution in [0, 0.1) is 12.8 Å². The Morgan fingerprint density at radius 1 is 1.12 bits per heavy atom. The number of hydrogen-bond donors (Lipinski definition) is 2. The second kappa shape index (κ2) is 7.86. The summed E-state index contributed by atoms with van der Waals surface area (Å²) in [5.74, 6) is -0.607. The lowest BCUT2D eigenvalue weighted by atomic mass is 10.1. The maximum atomic E-state index is 13.0. The highest BCUT2D eigenvalue weighted by atomic mass is 16.2. The van der Waals surface area contributed by atoms with E-state index >= 15 is 0 Å². The molecule has 1 aromatic carbocycles. The Kier molecular flexibility index (Phi) is 5.56. The van der Waals surface area contributed by atoms with Gasteiger partial charge >= 0.3 is 0 Å². The molecule has 0 spiro atoms. The summed E-state index contributed by atoms with van der Waals surface area (Å²) >= 11 is 0. The summed E-state index contributed by atoms with van der Waals surface area (Å²) in [7, 11) is 0. The van der Waals surface area contributed by atoms with Gasteiger partial charge in [0.05, 0.1) is 0 Å². The fraction of sp³-hybridized carbons (Fsp3) is 0.526. The van der Waals surface area contributed by atoms with Gasteiger partial charge in [0.15, 0.2) is 6.17 Å². The molecule has 1 aliphatic heterocycles. The number of carbonyl (C=O) groups is 3. The smallest absolute Gasteiger partial charge is 0.263 e. The van der Waals surface area contributed by atoms with Gasteiger partial charge in [-0.1, -0.05) is 17.7 Å². The van der Waals surface area contributed by atoms with E-state index in [9.17, 15) is 14.4 Å². The van der Waals surface area contributed by atoms with Gasteiger partial charge < -0.3 is 20.9 Å². The predicted molar refractivity (Wildman–Crippen MR) is 97.1 cm³/mol. The van der Waals surface area contributed by atoms with E-state index in [1.54, 1.807) is 17.0 Å². The van der Waals surface area contributed by atoms with Crippen molar-refractivity contribution in [1.82, 2.24) is 15.1 Å². The van der Waals surface area contributed by atoms with Crippen LogP contribution in [-0.4, -0.2) is 59.9 Å². The molecule has 7 nitrogen and oxygen atoms in total. The molecule has 3 amide bonds. The van der Waals surface area contributed by atoms with Crippen molar-refractivity contribution < 1.29 is 14.4 Å². The molecule has 1 unspecified atom stereocenters. The minimum absolute atomic E-state index is 0.00534. The van der Waals surface area contributed by atoms with E-state index in [1.165, 1.54) is 4.90 Å². The van der Waals surface area contributed by atoms with E-state index in [-0.39, 0.29) is 23.6 Å². The lowest BCUT2D eigenvalue weighted by Crippen LogP contribution is -2.64. The average Bonchev–Trinajstić information content (AvgIpc) is 3.50. The fourth-order valence-corrected chi connectivity index (χ4v) is 3.26. The van der Waals surface area contributed by atoms with Crippen LogP contribution in [-0.2, 0) is 9.59 Å². The van der Waals surface area contributed by atoms with Crippen LogP contribution in [0.25, 0.3) is 0 Å². The lowest BCUT2D eigenvalue weighted by molar-refractivity contribution is -0.150. The molecule has 3 N–H and O–H groups in total. The third-order valence-electron chi connectivity index (χ3n) is 4.84. The molecule has 1 saturated heterocycles. The van der Waals surface area contributed by atoms with Crippen molar-refractivity contribution in [3.63, 3.8) is 0 Å². The van der Waals surface area contributed by atoms with Gasteiger partial charge in [-0.15, -0.1) is 0 Å². The van der Waals surface area contributed by atoms with Gasteiger partial charge in [0.1, 0.15) is 0 Å². The summed E-state index contributed by atoms with van der Waals surface area (Å²) in [4.78, 5) is 41.6. The number of rotatable bonds is 5. The number of nitrogens with one attached hydrogen (secondary N) is 1. The zero-order valence-electron chi connectivity index (χ0n) is 15.1. The van der Waals surface area contributed by atoms with Crippen molar-refractivity contribution in [3.8, 4) is 0 Å². The Hall–Kier alpha value is -2.41. The van der Waals surface area contributed by atoms with Gasteiger partial charge in [-0.2, -0.15) is 0 Å². The third kappa shape index (κ3) is 3.88. The minimum Gasteiger partial charge on any atom is -0.351 e. The summed E-state index contributed by atoms with van der Waals surface area (Å²) in [6, 6.07) is 7.25. The molecule has 1 atom stereocenters. The maximum absolute atomic E-state index is 13.0. The van der Waals surface area contributed by atoms with Crippen molar-refractivity contribution in [2.45, 2.75) is 32.4 Å². The van der Waals surface area contributed by atoms with Crippen molar-refractivity contribution in [2.24, 2.45) is 11.7 Å². The molecule has 2 fully saturated rings. The number of nitrogens with two attached hydrogens (primary N) is 1. The summed E-state index contributed by atoms with van der Waals surface area (Å²) in [6.07, 6.45) is 1.48. The zero-order valence-corrected chi connectivity index (χ0v) is 15.1. The van der Waals surface area contributed by atoms with E-state index < -0.39 is 6.17 Å². The Labute approximate surface area is 153 Å². The van der Waals surface area contributed by atoms with Gasteiger partial charge in [-0.25, -0.2) is 0 Å². The molecule has 1 saturated carbocycles. The van der Waals surface area contributed by atoms with Crippen LogP contribution in [0.5, 0.6) is 0 Å². The molecule has 1 aliphatic carbocycles. The monoisotopic (exact) mass is 358 g/mol. The summed E-state index contributed by atoms with van der Waals surface area (Å²) in [5, 5.41) is 2.74. The molecule has 1 aromatic rings. The first-order valence-corrected chi connectivity index (χ1v) is 9.19. The van der Waals surface area contributed by atoms with Crippen LogP contribution in [0.2, 0.25) is 0 Å². The molecule has 1 heterocycles. The van der Waals surface area contributed by atoms with Crippen LogP contribution in [0.15, 0.2) is 24.3 Å². The van der Waals surface area contributed by atoms with E-state index in [1.807, 2.05) is 19.1 Å². The van der Waals surface area contributed by atoms with Crippen molar-refractivity contribution in [1.29, 1.82) is 0 Å². The second-order valence-corrected chi connectivity index (χ2v) is 6.98. The van der Waals surface area contributed by atoms with Crippen molar-refractivity contribution >= 4 is 17.7 Å². The van der Waals surface area contributed by atoms with Gasteiger partial charge in [-0.3, -0.25) is 14.4 Å². The van der Waals surface area contributed by atoms with Crippen LogP contribution in [0.1, 0.15) is 35.2 Å². The van der Waals surface area contributed by atoms with Crippen LogP contribution >= 0.6 is 0 Å². The largest absolute Gasteiger partial charge is 0.351 e. The predicted octanol–water partition coefficient (Wildman–Crippen LogP) is 0.481. The van der Waals surface area contributed by atoms with Crippen LogP contribution in [0.4, 0.5) is 0 Å². The zero-order chi connectivity index (χ0) is 18.7. The molecule has 0 radical (unpaired) electrons. The second-order valence-electron chi connectivity index (χ2n) is 6.98. The molecule has 0 aromatic heterocycles. The highest BCUT2D eigenvalue weighted by molar-refractivity contribution is 5.99. The first-order chi connectivity index (χ1) is 12.5. The van der Waals surface area contributed by atoms with E-state index in [4.69, 9.17) is 5.73 Å². The molecule has 26 heavy (non-hydrogen) atoms. The Bertz CT molecular complexity index is 685. The summed E-state index contributed by atoms with van der Waals surface area (Å²) < 4.78 is 0. The first kappa shape index (κ1) is 18.4. The number of nitrogens with zero attached hydrogens (tertiary/aromatic N) is 2. The van der Waals surface area contributed by atoms with Crippen molar-refractivity contribution in [3.05, 3.63) is 35.4 Å². The number of amides is 3. The van der Waals surface area contributed by atoms with Gasteiger partial charge in [0, 0.05) is 37.7 Å². The number of carbonyl (C=O) groups excluding carboxylic acids is 3. The Balaban J connectivity index is 1.86. The van der Waals surface area contributed by atoms with Gasteiger partial charge in [0.2, 0.25) is 5.91 Å². The normalized spacial score (nSPS) is 20.0. The summed E-state index contributed by atoms with van der Waals surface area (Å²) in [5.41, 5.74) is 7.06. The molecular formula is C19H26N4O3. The minimum atomic E-state index is -0.905. The molecule has 2 aliphatic rings. The van der Waals surface area contributed by atoms with Gasteiger partial charge in [-0.05, 0) is 38.3 Å². The maximum Gasteiger partial charge on any atom is 0.263 e. The molecule has 0 bridgehead atoms.